The van der Waals surface area contributed by atoms with Gasteiger partial charge in [-0.05, 0) is 62.7 Å². The fourth-order valence-corrected chi connectivity index (χ4v) is 2.93. The Bertz CT molecular complexity index is 833. The van der Waals surface area contributed by atoms with Crippen molar-refractivity contribution in [3.8, 4) is 0 Å². The molecule has 0 saturated carbocycles. The van der Waals surface area contributed by atoms with Crippen LogP contribution in [0.2, 0.25) is 0 Å². The summed E-state index contributed by atoms with van der Waals surface area (Å²) in [5.74, 6) is 0. The van der Waals surface area contributed by atoms with Crippen LogP contribution in [0.3, 0.4) is 0 Å². The SMILES string of the molecule is Cc1cccc(C=Nc2ccc(N(c3ccccc3)C(C)C)cc2)c1. The third kappa shape index (κ3) is 4.36. The molecule has 0 aliphatic carbocycles. The minimum atomic E-state index is 0.379. The van der Waals surface area contributed by atoms with Gasteiger partial charge in [0, 0.05) is 23.6 Å². The molecule has 0 heterocycles. The van der Waals surface area contributed by atoms with Crippen molar-refractivity contribution in [1.29, 1.82) is 0 Å². The Hall–Kier alpha value is -2.87. The molecule has 0 fully saturated rings. The first kappa shape index (κ1) is 17.0. The molecular formula is C23H24N2. The van der Waals surface area contributed by atoms with E-state index in [0.717, 1.165) is 11.3 Å². The van der Waals surface area contributed by atoms with Crippen molar-refractivity contribution < 1.29 is 0 Å². The van der Waals surface area contributed by atoms with Gasteiger partial charge < -0.3 is 4.90 Å². The summed E-state index contributed by atoms with van der Waals surface area (Å²) in [7, 11) is 0. The number of para-hydroxylation sites is 1. The van der Waals surface area contributed by atoms with Crippen molar-refractivity contribution in [2.75, 3.05) is 4.90 Å². The second-order valence-corrected chi connectivity index (χ2v) is 6.49. The first-order chi connectivity index (χ1) is 12.1. The molecule has 0 atom stereocenters. The third-order valence-electron chi connectivity index (χ3n) is 4.08. The lowest BCUT2D eigenvalue weighted by Crippen LogP contribution is -2.25. The molecular weight excluding hydrogens is 304 g/mol. The van der Waals surface area contributed by atoms with Crippen LogP contribution < -0.4 is 4.90 Å². The molecule has 0 spiro atoms. The third-order valence-corrected chi connectivity index (χ3v) is 4.08. The predicted molar refractivity (Wildman–Crippen MR) is 109 cm³/mol. The predicted octanol–water partition coefficient (Wildman–Crippen LogP) is 6.29. The van der Waals surface area contributed by atoms with Crippen LogP contribution in [0, 0.1) is 6.92 Å². The molecule has 0 saturated heterocycles. The summed E-state index contributed by atoms with van der Waals surface area (Å²) in [6.45, 7) is 6.50. The molecule has 25 heavy (non-hydrogen) atoms. The molecule has 0 bridgehead atoms. The Kier molecular flexibility index (Phi) is 5.30. The summed E-state index contributed by atoms with van der Waals surface area (Å²) >= 11 is 0. The van der Waals surface area contributed by atoms with E-state index in [0.29, 0.717) is 6.04 Å². The van der Waals surface area contributed by atoms with Gasteiger partial charge in [-0.15, -0.1) is 0 Å². The maximum absolute atomic E-state index is 4.59. The number of aliphatic imine (C=N–C) groups is 1. The Morgan fingerprint density at radius 1 is 0.800 bits per heavy atom. The zero-order valence-corrected chi connectivity index (χ0v) is 15.1. The highest BCUT2D eigenvalue weighted by atomic mass is 15.2. The van der Waals surface area contributed by atoms with E-state index < -0.39 is 0 Å². The van der Waals surface area contributed by atoms with Crippen LogP contribution in [0.15, 0.2) is 83.9 Å². The van der Waals surface area contributed by atoms with E-state index in [-0.39, 0.29) is 0 Å². The quantitative estimate of drug-likeness (QED) is 0.502. The Morgan fingerprint density at radius 3 is 2.12 bits per heavy atom. The summed E-state index contributed by atoms with van der Waals surface area (Å²) < 4.78 is 0. The first-order valence-corrected chi connectivity index (χ1v) is 8.68. The van der Waals surface area contributed by atoms with Crippen molar-refractivity contribution in [2.45, 2.75) is 26.8 Å². The number of rotatable bonds is 5. The number of aryl methyl sites for hydroxylation is 1. The molecule has 3 aromatic rings. The summed E-state index contributed by atoms with van der Waals surface area (Å²) in [6, 6.07) is 27.6. The number of benzene rings is 3. The van der Waals surface area contributed by atoms with Crippen LogP contribution >= 0.6 is 0 Å². The molecule has 0 aliphatic rings. The van der Waals surface area contributed by atoms with Gasteiger partial charge in [-0.3, -0.25) is 4.99 Å². The van der Waals surface area contributed by atoms with Crippen LogP contribution in [0.1, 0.15) is 25.0 Å². The van der Waals surface area contributed by atoms with Gasteiger partial charge in [-0.25, -0.2) is 0 Å². The normalized spacial score (nSPS) is 11.2. The van der Waals surface area contributed by atoms with E-state index in [1.165, 1.54) is 16.9 Å². The van der Waals surface area contributed by atoms with E-state index in [2.05, 4.69) is 103 Å². The lowest BCUT2D eigenvalue weighted by molar-refractivity contribution is 0.789. The zero-order valence-electron chi connectivity index (χ0n) is 15.1. The number of nitrogens with zero attached hydrogens (tertiary/aromatic N) is 2. The Morgan fingerprint density at radius 2 is 1.48 bits per heavy atom. The van der Waals surface area contributed by atoms with E-state index in [1.54, 1.807) is 0 Å². The van der Waals surface area contributed by atoms with E-state index in [4.69, 9.17) is 0 Å². The van der Waals surface area contributed by atoms with Gasteiger partial charge >= 0.3 is 0 Å². The van der Waals surface area contributed by atoms with Crippen molar-refractivity contribution in [3.63, 3.8) is 0 Å². The van der Waals surface area contributed by atoms with Crippen molar-refractivity contribution in [2.24, 2.45) is 4.99 Å². The van der Waals surface area contributed by atoms with E-state index >= 15 is 0 Å². The van der Waals surface area contributed by atoms with Gasteiger partial charge in [0.1, 0.15) is 0 Å². The molecule has 0 aliphatic heterocycles. The van der Waals surface area contributed by atoms with Crippen molar-refractivity contribution >= 4 is 23.3 Å². The summed E-state index contributed by atoms with van der Waals surface area (Å²) in [6.07, 6.45) is 1.92. The fraction of sp³-hybridized carbons (Fsp3) is 0.174. The molecule has 2 heteroatoms. The fourth-order valence-electron chi connectivity index (χ4n) is 2.93. The molecule has 0 aromatic heterocycles. The molecule has 0 N–H and O–H groups in total. The molecule has 3 aromatic carbocycles. The van der Waals surface area contributed by atoms with Gasteiger partial charge in [0.25, 0.3) is 0 Å². The van der Waals surface area contributed by atoms with Crippen LogP contribution in [0.25, 0.3) is 0 Å². The highest BCUT2D eigenvalue weighted by Gasteiger charge is 2.12. The lowest BCUT2D eigenvalue weighted by atomic mass is 10.1. The zero-order chi connectivity index (χ0) is 17.6. The average molecular weight is 328 g/mol. The summed E-state index contributed by atoms with van der Waals surface area (Å²) in [5.41, 5.74) is 5.71. The number of hydrogen-bond acceptors (Lipinski definition) is 2. The van der Waals surface area contributed by atoms with Gasteiger partial charge in [0.05, 0.1) is 5.69 Å². The highest BCUT2D eigenvalue weighted by molar-refractivity contribution is 5.82. The highest BCUT2D eigenvalue weighted by Crippen LogP contribution is 2.29. The lowest BCUT2D eigenvalue weighted by Gasteiger charge is -2.29. The Balaban J connectivity index is 1.81. The monoisotopic (exact) mass is 328 g/mol. The molecule has 126 valence electrons. The van der Waals surface area contributed by atoms with Crippen LogP contribution in [0.4, 0.5) is 17.1 Å². The minimum Gasteiger partial charge on any atom is -0.339 e. The van der Waals surface area contributed by atoms with Gasteiger partial charge in [-0.1, -0.05) is 48.0 Å². The topological polar surface area (TPSA) is 15.6 Å². The summed E-state index contributed by atoms with van der Waals surface area (Å²) in [4.78, 5) is 6.92. The average Bonchev–Trinajstić information content (AvgIpc) is 2.62. The molecule has 0 radical (unpaired) electrons. The molecule has 3 rings (SSSR count). The molecule has 0 unspecified atom stereocenters. The maximum atomic E-state index is 4.59. The number of anilines is 2. The van der Waals surface area contributed by atoms with Gasteiger partial charge in [0.15, 0.2) is 0 Å². The summed E-state index contributed by atoms with van der Waals surface area (Å²) in [5, 5.41) is 0. The second kappa shape index (κ2) is 7.80. The largest absolute Gasteiger partial charge is 0.339 e. The van der Waals surface area contributed by atoms with Crippen LogP contribution in [0.5, 0.6) is 0 Å². The standard InChI is InChI=1S/C23H24N2/c1-18(2)25(22-10-5-4-6-11-22)23-14-12-21(13-15-23)24-17-20-9-7-8-19(3)16-20/h4-18H,1-3H3. The molecule has 2 nitrogen and oxygen atoms in total. The Labute approximate surface area is 150 Å². The second-order valence-electron chi connectivity index (χ2n) is 6.49. The van der Waals surface area contributed by atoms with E-state index in [9.17, 15) is 0 Å². The van der Waals surface area contributed by atoms with Gasteiger partial charge in [-0.2, -0.15) is 0 Å². The first-order valence-electron chi connectivity index (χ1n) is 8.68. The van der Waals surface area contributed by atoms with E-state index in [1.807, 2.05) is 12.3 Å². The maximum Gasteiger partial charge on any atom is 0.0631 e. The smallest absolute Gasteiger partial charge is 0.0631 e. The van der Waals surface area contributed by atoms with Crippen LogP contribution in [-0.4, -0.2) is 12.3 Å². The molecule has 0 amide bonds. The van der Waals surface area contributed by atoms with Crippen molar-refractivity contribution in [3.05, 3.63) is 90.0 Å². The van der Waals surface area contributed by atoms with Crippen molar-refractivity contribution in [1.82, 2.24) is 0 Å². The van der Waals surface area contributed by atoms with Gasteiger partial charge in [0.2, 0.25) is 0 Å². The number of hydrogen-bond donors (Lipinski definition) is 0. The minimum absolute atomic E-state index is 0.379. The van der Waals surface area contributed by atoms with Crippen LogP contribution in [-0.2, 0) is 0 Å².